The van der Waals surface area contributed by atoms with E-state index >= 15 is 0 Å². The predicted molar refractivity (Wildman–Crippen MR) is 92.0 cm³/mol. The topological polar surface area (TPSA) is 46.6 Å². The molecule has 0 fully saturated rings. The smallest absolute Gasteiger partial charge is 0.339 e. The molecule has 126 valence electrons. The summed E-state index contributed by atoms with van der Waals surface area (Å²) in [4.78, 5) is 25.7. The third-order valence-corrected chi connectivity index (χ3v) is 4.39. The summed E-state index contributed by atoms with van der Waals surface area (Å²) < 4.78 is 18.4. The summed E-state index contributed by atoms with van der Waals surface area (Å²) in [6.07, 6.45) is 0. The van der Waals surface area contributed by atoms with Crippen LogP contribution < -0.4 is 0 Å². The predicted octanol–water partition coefficient (Wildman–Crippen LogP) is 3.96. The first-order chi connectivity index (χ1) is 11.4. The minimum absolute atomic E-state index is 0.144. The van der Waals surface area contributed by atoms with E-state index in [1.807, 2.05) is 37.3 Å². The summed E-state index contributed by atoms with van der Waals surface area (Å²) in [6, 6.07) is 13.0. The lowest BCUT2D eigenvalue weighted by molar-refractivity contribution is -0.135. The van der Waals surface area contributed by atoms with Gasteiger partial charge < -0.3 is 9.64 Å². The maximum atomic E-state index is 13.0. The zero-order chi connectivity index (χ0) is 17.7. The standard InChI is InChI=1S/C18H17BrFNO3/c1-12(13-6-4-3-5-7-13)21(2)17(22)11-24-18(23)15-9-8-14(20)10-16(15)19/h3-10,12H,11H2,1-2H3/t12-/m1/s1. The number of halogens is 2. The van der Waals surface area contributed by atoms with Crippen molar-refractivity contribution in [1.82, 2.24) is 4.90 Å². The van der Waals surface area contributed by atoms with Gasteiger partial charge in [-0.15, -0.1) is 0 Å². The molecule has 2 rings (SSSR count). The summed E-state index contributed by atoms with van der Waals surface area (Å²) in [5, 5.41) is 0. The van der Waals surface area contributed by atoms with Crippen LogP contribution >= 0.6 is 15.9 Å². The largest absolute Gasteiger partial charge is 0.452 e. The molecule has 4 nitrogen and oxygen atoms in total. The Morgan fingerprint density at radius 1 is 1.21 bits per heavy atom. The number of ether oxygens (including phenoxy) is 1. The van der Waals surface area contributed by atoms with Gasteiger partial charge in [0.2, 0.25) is 0 Å². The van der Waals surface area contributed by atoms with Gasteiger partial charge in [-0.3, -0.25) is 4.79 Å². The molecule has 0 aliphatic carbocycles. The molecule has 1 amide bonds. The Labute approximate surface area is 148 Å². The molecule has 0 N–H and O–H groups in total. The number of carbonyl (C=O) groups is 2. The number of rotatable bonds is 5. The molecule has 2 aromatic rings. The summed E-state index contributed by atoms with van der Waals surface area (Å²) in [5.41, 5.74) is 1.16. The summed E-state index contributed by atoms with van der Waals surface area (Å²) >= 11 is 3.10. The minimum Gasteiger partial charge on any atom is -0.452 e. The van der Waals surface area contributed by atoms with Crippen molar-refractivity contribution in [3.05, 3.63) is 69.9 Å². The molecule has 0 bridgehead atoms. The Morgan fingerprint density at radius 2 is 1.88 bits per heavy atom. The van der Waals surface area contributed by atoms with Crippen molar-refractivity contribution in [3.8, 4) is 0 Å². The summed E-state index contributed by atoms with van der Waals surface area (Å²) in [6.45, 7) is 1.52. The average molecular weight is 394 g/mol. The van der Waals surface area contributed by atoms with E-state index in [0.717, 1.165) is 11.6 Å². The van der Waals surface area contributed by atoms with Crippen LogP contribution in [0.25, 0.3) is 0 Å². The third kappa shape index (κ3) is 4.41. The van der Waals surface area contributed by atoms with Gasteiger partial charge in [0.05, 0.1) is 11.6 Å². The van der Waals surface area contributed by atoms with Crippen molar-refractivity contribution >= 4 is 27.8 Å². The lowest BCUT2D eigenvalue weighted by Gasteiger charge is -2.25. The zero-order valence-corrected chi connectivity index (χ0v) is 14.9. The molecule has 0 radical (unpaired) electrons. The van der Waals surface area contributed by atoms with Gasteiger partial charge in [-0.25, -0.2) is 9.18 Å². The van der Waals surface area contributed by atoms with E-state index in [4.69, 9.17) is 4.74 Å². The Morgan fingerprint density at radius 3 is 2.50 bits per heavy atom. The zero-order valence-electron chi connectivity index (χ0n) is 13.3. The van der Waals surface area contributed by atoms with Crippen molar-refractivity contribution in [3.63, 3.8) is 0 Å². The van der Waals surface area contributed by atoms with Gasteiger partial charge in [0.1, 0.15) is 5.82 Å². The molecule has 2 aromatic carbocycles. The van der Waals surface area contributed by atoms with Gasteiger partial charge in [-0.05, 0) is 46.6 Å². The molecule has 0 aromatic heterocycles. The van der Waals surface area contributed by atoms with Crippen LogP contribution in [0.2, 0.25) is 0 Å². The van der Waals surface area contributed by atoms with Gasteiger partial charge >= 0.3 is 5.97 Å². The molecular weight excluding hydrogens is 377 g/mol. The Balaban J connectivity index is 1.96. The molecule has 0 saturated heterocycles. The Hall–Kier alpha value is -2.21. The molecule has 0 unspecified atom stereocenters. The first-order valence-corrected chi connectivity index (χ1v) is 8.12. The number of esters is 1. The second-order valence-corrected chi connectivity index (χ2v) is 6.15. The van der Waals surface area contributed by atoms with E-state index in [2.05, 4.69) is 15.9 Å². The van der Waals surface area contributed by atoms with Crippen LogP contribution in [0.4, 0.5) is 4.39 Å². The normalized spacial score (nSPS) is 11.7. The van der Waals surface area contributed by atoms with Crippen molar-refractivity contribution in [2.75, 3.05) is 13.7 Å². The first kappa shape index (κ1) is 18.1. The molecule has 1 atom stereocenters. The Bertz CT molecular complexity index is 736. The molecule has 6 heteroatoms. The number of amides is 1. The van der Waals surface area contributed by atoms with Gasteiger partial charge in [0.15, 0.2) is 6.61 Å². The lowest BCUT2D eigenvalue weighted by Crippen LogP contribution is -2.33. The molecule has 24 heavy (non-hydrogen) atoms. The minimum atomic E-state index is -0.684. The van der Waals surface area contributed by atoms with Crippen molar-refractivity contribution in [2.45, 2.75) is 13.0 Å². The van der Waals surface area contributed by atoms with Crippen molar-refractivity contribution in [1.29, 1.82) is 0 Å². The van der Waals surface area contributed by atoms with E-state index in [1.165, 1.54) is 17.0 Å². The highest BCUT2D eigenvalue weighted by atomic mass is 79.9. The van der Waals surface area contributed by atoms with Gasteiger partial charge in [-0.2, -0.15) is 0 Å². The fraction of sp³-hybridized carbons (Fsp3) is 0.222. The third-order valence-electron chi connectivity index (χ3n) is 3.73. The monoisotopic (exact) mass is 393 g/mol. The van der Waals surface area contributed by atoms with Crippen LogP contribution in [0.5, 0.6) is 0 Å². The van der Waals surface area contributed by atoms with E-state index in [9.17, 15) is 14.0 Å². The molecule has 0 aliphatic rings. The second kappa shape index (κ2) is 8.06. The number of carbonyl (C=O) groups excluding carboxylic acids is 2. The van der Waals surface area contributed by atoms with Crippen LogP contribution in [-0.4, -0.2) is 30.4 Å². The van der Waals surface area contributed by atoms with Crippen molar-refractivity contribution < 1.29 is 18.7 Å². The van der Waals surface area contributed by atoms with E-state index in [0.29, 0.717) is 0 Å². The maximum Gasteiger partial charge on any atom is 0.339 e. The first-order valence-electron chi connectivity index (χ1n) is 7.33. The van der Waals surface area contributed by atoms with Crippen molar-refractivity contribution in [2.24, 2.45) is 0 Å². The van der Waals surface area contributed by atoms with E-state index in [1.54, 1.807) is 7.05 Å². The number of hydrogen-bond donors (Lipinski definition) is 0. The van der Waals surface area contributed by atoms with E-state index < -0.39 is 11.8 Å². The van der Waals surface area contributed by atoms with Crippen LogP contribution in [0.3, 0.4) is 0 Å². The van der Waals surface area contributed by atoms with Gasteiger partial charge in [-0.1, -0.05) is 30.3 Å². The Kier molecular flexibility index (Phi) is 6.09. The van der Waals surface area contributed by atoms with E-state index in [-0.39, 0.29) is 28.6 Å². The lowest BCUT2D eigenvalue weighted by atomic mass is 10.1. The quantitative estimate of drug-likeness (QED) is 0.722. The highest BCUT2D eigenvalue weighted by molar-refractivity contribution is 9.10. The molecule has 0 spiro atoms. The van der Waals surface area contributed by atoms with Crippen LogP contribution in [0, 0.1) is 5.82 Å². The maximum absolute atomic E-state index is 13.0. The van der Waals surface area contributed by atoms with Crippen LogP contribution in [0.1, 0.15) is 28.9 Å². The van der Waals surface area contributed by atoms with Gasteiger partial charge in [0, 0.05) is 11.5 Å². The average Bonchev–Trinajstić information content (AvgIpc) is 2.58. The fourth-order valence-electron chi connectivity index (χ4n) is 2.13. The summed E-state index contributed by atoms with van der Waals surface area (Å²) in [7, 11) is 1.65. The summed E-state index contributed by atoms with van der Waals surface area (Å²) in [5.74, 6) is -1.47. The second-order valence-electron chi connectivity index (χ2n) is 5.29. The SMILES string of the molecule is C[C@H](c1ccccc1)N(C)C(=O)COC(=O)c1ccc(F)cc1Br. The molecule has 0 heterocycles. The molecule has 0 saturated carbocycles. The number of nitrogens with zero attached hydrogens (tertiary/aromatic N) is 1. The van der Waals surface area contributed by atoms with Crippen LogP contribution in [-0.2, 0) is 9.53 Å². The van der Waals surface area contributed by atoms with Gasteiger partial charge in [0.25, 0.3) is 5.91 Å². The number of benzene rings is 2. The molecular formula is C18H17BrFNO3. The molecule has 0 aliphatic heterocycles. The number of hydrogen-bond acceptors (Lipinski definition) is 3. The van der Waals surface area contributed by atoms with Crippen LogP contribution in [0.15, 0.2) is 53.0 Å². The number of likely N-dealkylation sites (N-methyl/N-ethyl adjacent to an activating group) is 1. The highest BCUT2D eigenvalue weighted by Crippen LogP contribution is 2.20. The highest BCUT2D eigenvalue weighted by Gasteiger charge is 2.20. The fourth-order valence-corrected chi connectivity index (χ4v) is 2.65.